The van der Waals surface area contributed by atoms with Gasteiger partial charge in [0, 0.05) is 48.9 Å². The average molecular weight is 478 g/mol. The van der Waals surface area contributed by atoms with Gasteiger partial charge in [-0.1, -0.05) is 26.8 Å². The van der Waals surface area contributed by atoms with E-state index >= 15 is 0 Å². The average Bonchev–Trinajstić information content (AvgIpc) is 2.77. The summed E-state index contributed by atoms with van der Waals surface area (Å²) in [6, 6.07) is 9.00. The van der Waals surface area contributed by atoms with Crippen LogP contribution in [0.1, 0.15) is 36.7 Å². The quantitative estimate of drug-likeness (QED) is 0.513. The molecule has 8 nitrogen and oxygen atoms in total. The Bertz CT molecular complexity index is 1100. The van der Waals surface area contributed by atoms with Gasteiger partial charge in [-0.05, 0) is 30.3 Å². The van der Waals surface area contributed by atoms with E-state index in [2.05, 4.69) is 5.32 Å². The monoisotopic (exact) mass is 478 g/mol. The largest absolute Gasteiger partial charge is 0.416 e. The lowest BCUT2D eigenvalue weighted by atomic mass is 9.95. The fraction of sp³-hybridized carbons (Fsp3) is 0.391. The van der Waals surface area contributed by atoms with Gasteiger partial charge in [0.25, 0.3) is 11.6 Å². The molecule has 0 radical (unpaired) electrons. The smallest absolute Gasteiger partial charge is 0.362 e. The molecule has 182 valence electrons. The van der Waals surface area contributed by atoms with Crippen molar-refractivity contribution in [2.75, 3.05) is 36.4 Å². The molecule has 1 fully saturated rings. The molecular weight excluding hydrogens is 453 g/mol. The van der Waals surface area contributed by atoms with E-state index in [1.165, 1.54) is 0 Å². The van der Waals surface area contributed by atoms with Gasteiger partial charge >= 0.3 is 6.18 Å². The van der Waals surface area contributed by atoms with E-state index in [1.807, 2.05) is 0 Å². The Morgan fingerprint density at radius 1 is 1.00 bits per heavy atom. The third kappa shape index (κ3) is 5.64. The van der Waals surface area contributed by atoms with Crippen LogP contribution in [-0.4, -0.2) is 47.8 Å². The number of anilines is 2. The van der Waals surface area contributed by atoms with E-state index in [4.69, 9.17) is 0 Å². The number of benzene rings is 2. The SMILES string of the molecule is CC(C)(C)C(=O)Nc1cccc(C(=O)N2CCN(c3ccc(C(F)(F)F)cc3[N+](=O)[O-])CC2)c1. The van der Waals surface area contributed by atoms with Crippen LogP contribution in [0.2, 0.25) is 0 Å². The minimum atomic E-state index is -4.69. The maximum Gasteiger partial charge on any atom is 0.416 e. The van der Waals surface area contributed by atoms with Crippen LogP contribution in [0.5, 0.6) is 0 Å². The Hall–Kier alpha value is -3.63. The number of piperazine rings is 1. The zero-order chi connectivity index (χ0) is 25.3. The van der Waals surface area contributed by atoms with Crippen LogP contribution in [0.15, 0.2) is 42.5 Å². The molecule has 0 unspecified atom stereocenters. The topological polar surface area (TPSA) is 95.8 Å². The van der Waals surface area contributed by atoms with Crippen molar-refractivity contribution in [3.63, 3.8) is 0 Å². The summed E-state index contributed by atoms with van der Waals surface area (Å²) in [5.41, 5.74) is -1.37. The van der Waals surface area contributed by atoms with Crippen molar-refractivity contribution in [1.29, 1.82) is 0 Å². The van der Waals surface area contributed by atoms with Crippen LogP contribution in [0.25, 0.3) is 0 Å². The third-order valence-corrected chi connectivity index (χ3v) is 5.46. The van der Waals surface area contributed by atoms with Crippen molar-refractivity contribution in [2.45, 2.75) is 26.9 Å². The highest BCUT2D eigenvalue weighted by Gasteiger charge is 2.34. The van der Waals surface area contributed by atoms with Crippen molar-refractivity contribution in [3.05, 3.63) is 63.7 Å². The fourth-order valence-corrected chi connectivity index (χ4v) is 3.49. The van der Waals surface area contributed by atoms with Gasteiger partial charge in [0.15, 0.2) is 0 Å². The maximum absolute atomic E-state index is 13.0. The molecule has 34 heavy (non-hydrogen) atoms. The summed E-state index contributed by atoms with van der Waals surface area (Å²) < 4.78 is 38.9. The molecule has 1 aliphatic rings. The van der Waals surface area contributed by atoms with E-state index in [9.17, 15) is 32.9 Å². The minimum absolute atomic E-state index is 0.0805. The van der Waals surface area contributed by atoms with Crippen molar-refractivity contribution < 1.29 is 27.7 Å². The predicted molar refractivity (Wildman–Crippen MR) is 121 cm³/mol. The molecule has 0 aromatic heterocycles. The first-order chi connectivity index (χ1) is 15.8. The second-order valence-electron chi connectivity index (χ2n) is 9.02. The predicted octanol–water partition coefficient (Wildman–Crippen LogP) is 4.56. The number of carbonyl (C=O) groups is 2. The van der Waals surface area contributed by atoms with Crippen LogP contribution in [-0.2, 0) is 11.0 Å². The van der Waals surface area contributed by atoms with Crippen molar-refractivity contribution >= 4 is 28.9 Å². The molecule has 3 rings (SSSR count). The van der Waals surface area contributed by atoms with Crippen molar-refractivity contribution in [2.24, 2.45) is 5.41 Å². The molecule has 0 atom stereocenters. The second kappa shape index (κ2) is 9.32. The van der Waals surface area contributed by atoms with Gasteiger partial charge in [-0.2, -0.15) is 13.2 Å². The number of alkyl halides is 3. The van der Waals surface area contributed by atoms with Gasteiger partial charge in [-0.3, -0.25) is 19.7 Å². The Kier molecular flexibility index (Phi) is 6.85. The van der Waals surface area contributed by atoms with E-state index in [-0.39, 0.29) is 43.7 Å². The third-order valence-electron chi connectivity index (χ3n) is 5.46. The van der Waals surface area contributed by atoms with E-state index in [0.717, 1.165) is 12.1 Å². The number of nitrogens with one attached hydrogen (secondary N) is 1. The first-order valence-electron chi connectivity index (χ1n) is 10.6. The molecule has 0 spiro atoms. The Morgan fingerprint density at radius 3 is 2.21 bits per heavy atom. The number of rotatable bonds is 4. The minimum Gasteiger partial charge on any atom is -0.362 e. The highest BCUT2D eigenvalue weighted by atomic mass is 19.4. The molecule has 1 saturated heterocycles. The number of hydrogen-bond donors (Lipinski definition) is 1. The molecular formula is C23H25F3N4O4. The van der Waals surface area contributed by atoms with Crippen LogP contribution in [0.3, 0.4) is 0 Å². The number of hydrogen-bond acceptors (Lipinski definition) is 5. The second-order valence-corrected chi connectivity index (χ2v) is 9.02. The molecule has 1 aliphatic heterocycles. The molecule has 2 aromatic carbocycles. The van der Waals surface area contributed by atoms with Gasteiger partial charge in [-0.25, -0.2) is 0 Å². The maximum atomic E-state index is 13.0. The highest BCUT2D eigenvalue weighted by Crippen LogP contribution is 2.36. The summed E-state index contributed by atoms with van der Waals surface area (Å²) in [5, 5.41) is 14.2. The molecule has 11 heteroatoms. The summed E-state index contributed by atoms with van der Waals surface area (Å²) >= 11 is 0. The molecule has 1 heterocycles. The first-order valence-corrected chi connectivity index (χ1v) is 10.6. The highest BCUT2D eigenvalue weighted by molar-refractivity contribution is 5.98. The lowest BCUT2D eigenvalue weighted by molar-refractivity contribution is -0.384. The van der Waals surface area contributed by atoms with Crippen LogP contribution >= 0.6 is 0 Å². The molecule has 2 aromatic rings. The molecule has 0 aliphatic carbocycles. The van der Waals surface area contributed by atoms with Gasteiger partial charge < -0.3 is 15.1 Å². The fourth-order valence-electron chi connectivity index (χ4n) is 3.49. The van der Waals surface area contributed by atoms with E-state index in [1.54, 1.807) is 54.8 Å². The van der Waals surface area contributed by atoms with E-state index in [0.29, 0.717) is 17.3 Å². The number of amides is 2. The van der Waals surface area contributed by atoms with Crippen molar-refractivity contribution in [3.8, 4) is 0 Å². The Labute approximate surface area is 194 Å². The van der Waals surface area contributed by atoms with Crippen LogP contribution < -0.4 is 10.2 Å². The molecule has 2 amide bonds. The van der Waals surface area contributed by atoms with Crippen LogP contribution in [0.4, 0.5) is 30.2 Å². The summed E-state index contributed by atoms with van der Waals surface area (Å²) in [5.74, 6) is -0.461. The van der Waals surface area contributed by atoms with Gasteiger partial charge in [0.1, 0.15) is 5.69 Å². The number of nitro benzene ring substituents is 1. The van der Waals surface area contributed by atoms with Crippen LogP contribution in [0, 0.1) is 15.5 Å². The molecule has 0 saturated carbocycles. The standard InChI is InChI=1S/C23H25F3N4O4/c1-22(2,3)21(32)27-17-6-4-5-15(13-17)20(31)29-11-9-28(10-12-29)18-8-7-16(23(24,25)26)14-19(18)30(33)34/h4-8,13-14H,9-12H2,1-3H3,(H,27,32). The van der Waals surface area contributed by atoms with Crippen molar-refractivity contribution in [1.82, 2.24) is 4.90 Å². The Balaban J connectivity index is 1.71. The van der Waals surface area contributed by atoms with Gasteiger partial charge in [-0.15, -0.1) is 0 Å². The van der Waals surface area contributed by atoms with E-state index < -0.39 is 27.8 Å². The molecule has 0 bridgehead atoms. The number of nitrogens with zero attached hydrogens (tertiary/aromatic N) is 3. The lowest BCUT2D eigenvalue weighted by Crippen LogP contribution is -2.49. The van der Waals surface area contributed by atoms with Gasteiger partial charge in [0.2, 0.25) is 5.91 Å². The summed E-state index contributed by atoms with van der Waals surface area (Å²) in [6.45, 7) is 6.23. The number of halogens is 3. The normalized spacial score (nSPS) is 14.6. The summed E-state index contributed by atoms with van der Waals surface area (Å²) in [6.07, 6.45) is -4.69. The number of carbonyl (C=O) groups excluding carboxylic acids is 2. The lowest BCUT2D eigenvalue weighted by Gasteiger charge is -2.36. The molecule has 1 N–H and O–H groups in total. The zero-order valence-electron chi connectivity index (χ0n) is 19.0. The zero-order valence-corrected chi connectivity index (χ0v) is 19.0. The summed E-state index contributed by atoms with van der Waals surface area (Å²) in [4.78, 5) is 38.9. The summed E-state index contributed by atoms with van der Waals surface area (Å²) in [7, 11) is 0. The first kappa shape index (κ1) is 25.0. The Morgan fingerprint density at radius 2 is 1.65 bits per heavy atom. The number of nitro groups is 1. The van der Waals surface area contributed by atoms with Gasteiger partial charge in [0.05, 0.1) is 10.5 Å².